The third kappa shape index (κ3) is 9.67. The number of aromatic amines is 1. The lowest BCUT2D eigenvalue weighted by atomic mass is 10.1. The Kier molecular flexibility index (Phi) is 12.1. The molecule has 1 heterocycles. The highest BCUT2D eigenvalue weighted by Gasteiger charge is 2.14. The summed E-state index contributed by atoms with van der Waals surface area (Å²) in [7, 11) is 1.30. The van der Waals surface area contributed by atoms with Crippen LogP contribution in [-0.2, 0) is 4.74 Å². The van der Waals surface area contributed by atoms with Gasteiger partial charge in [-0.3, -0.25) is 4.98 Å². The topological polar surface area (TPSA) is 144 Å². The summed E-state index contributed by atoms with van der Waals surface area (Å²) in [5, 5.41) is 6.11. The fraction of sp³-hybridized carbons (Fsp3) is 0.545. The highest BCUT2D eigenvalue weighted by atomic mass is 35.5. The summed E-state index contributed by atoms with van der Waals surface area (Å²) in [4.78, 5) is 34.7. The average Bonchev–Trinajstić information content (AvgIpc) is 2.80. The minimum Gasteiger partial charge on any atom is -0.493 e. The molecule has 33 heavy (non-hydrogen) atoms. The normalized spacial score (nSPS) is 10.6. The minimum absolute atomic E-state index is 0.219. The Hall–Kier alpha value is -2.85. The first-order chi connectivity index (χ1) is 16.1. The van der Waals surface area contributed by atoms with Crippen LogP contribution < -0.4 is 26.8 Å². The number of aromatic nitrogens is 3. The Labute approximate surface area is 198 Å². The number of methoxy groups -OCH3 is 1. The maximum Gasteiger partial charge on any atom is 0.351 e. The first-order valence-electron chi connectivity index (χ1n) is 11.2. The largest absolute Gasteiger partial charge is 0.493 e. The Morgan fingerprint density at radius 2 is 1.88 bits per heavy atom. The van der Waals surface area contributed by atoms with Crippen molar-refractivity contribution in [1.29, 1.82) is 0 Å². The molecule has 2 rings (SSSR count). The van der Waals surface area contributed by atoms with E-state index in [2.05, 4.69) is 25.6 Å². The number of nitrogens with zero attached hydrogens (tertiary/aromatic N) is 2. The number of unbranched alkanes of at least 4 members (excludes halogenated alkanes) is 5. The molecule has 1 aromatic heterocycles. The number of anilines is 3. The van der Waals surface area contributed by atoms with Gasteiger partial charge in [-0.2, -0.15) is 9.97 Å². The first-order valence-corrected chi connectivity index (χ1v) is 11.7. The van der Waals surface area contributed by atoms with Crippen molar-refractivity contribution in [3.8, 4) is 5.75 Å². The maximum atomic E-state index is 12.0. The molecule has 0 atom stereocenters. The lowest BCUT2D eigenvalue weighted by Crippen LogP contribution is -2.18. The van der Waals surface area contributed by atoms with Gasteiger partial charge in [-0.05, 0) is 37.9 Å². The fourth-order valence-electron chi connectivity index (χ4n) is 3.07. The average molecular weight is 481 g/mol. The molecule has 1 aromatic carbocycles. The molecule has 0 saturated heterocycles. The van der Waals surface area contributed by atoms with Gasteiger partial charge in [0.2, 0.25) is 11.9 Å². The van der Waals surface area contributed by atoms with Crippen LogP contribution in [0.5, 0.6) is 5.75 Å². The van der Waals surface area contributed by atoms with Crippen LogP contribution in [0, 0.1) is 0 Å². The molecule has 11 heteroatoms. The number of halogens is 1. The molecule has 0 spiro atoms. The number of nitrogens with one attached hydrogen (secondary N) is 3. The van der Waals surface area contributed by atoms with Crippen molar-refractivity contribution in [3.05, 3.63) is 34.2 Å². The van der Waals surface area contributed by atoms with E-state index in [0.29, 0.717) is 42.5 Å². The Morgan fingerprint density at radius 3 is 2.61 bits per heavy atom. The van der Waals surface area contributed by atoms with E-state index in [0.717, 1.165) is 38.6 Å². The zero-order valence-electron chi connectivity index (χ0n) is 19.0. The Morgan fingerprint density at radius 1 is 1.12 bits per heavy atom. The van der Waals surface area contributed by atoms with E-state index < -0.39 is 11.7 Å². The summed E-state index contributed by atoms with van der Waals surface area (Å²) in [6.07, 6.45) is 7.24. The predicted molar refractivity (Wildman–Crippen MR) is 130 cm³/mol. The summed E-state index contributed by atoms with van der Waals surface area (Å²) in [6.45, 7) is 1.77. The van der Waals surface area contributed by atoms with Crippen molar-refractivity contribution < 1.29 is 14.3 Å². The maximum absolute atomic E-state index is 12.0. The second kappa shape index (κ2) is 15.1. The SMILES string of the molecule is COC(=O)c1ccc(Nc2nc(NCCCCCCCCN)nc(=O)[nH]2)cc1OCCCCl. The van der Waals surface area contributed by atoms with E-state index in [9.17, 15) is 9.59 Å². The molecule has 182 valence electrons. The Bertz CT molecular complexity index is 924. The van der Waals surface area contributed by atoms with Crippen molar-refractivity contribution in [1.82, 2.24) is 15.0 Å². The van der Waals surface area contributed by atoms with E-state index in [1.165, 1.54) is 13.5 Å². The zero-order chi connectivity index (χ0) is 23.9. The van der Waals surface area contributed by atoms with Gasteiger partial charge in [-0.15, -0.1) is 11.6 Å². The van der Waals surface area contributed by atoms with Crippen molar-refractivity contribution in [2.24, 2.45) is 5.73 Å². The van der Waals surface area contributed by atoms with Crippen LogP contribution in [0.1, 0.15) is 55.3 Å². The van der Waals surface area contributed by atoms with E-state index in [1.807, 2.05) is 0 Å². The molecule has 0 radical (unpaired) electrons. The van der Waals surface area contributed by atoms with Crippen LogP contribution in [0.4, 0.5) is 17.6 Å². The number of esters is 1. The molecule has 5 N–H and O–H groups in total. The second-order valence-electron chi connectivity index (χ2n) is 7.38. The van der Waals surface area contributed by atoms with E-state index in [4.69, 9.17) is 26.8 Å². The summed E-state index contributed by atoms with van der Waals surface area (Å²) < 4.78 is 10.5. The smallest absolute Gasteiger partial charge is 0.351 e. The molecule has 0 bridgehead atoms. The third-order valence-electron chi connectivity index (χ3n) is 4.75. The van der Waals surface area contributed by atoms with Crippen LogP contribution >= 0.6 is 11.6 Å². The summed E-state index contributed by atoms with van der Waals surface area (Å²) >= 11 is 5.70. The highest BCUT2D eigenvalue weighted by Crippen LogP contribution is 2.26. The summed E-state index contributed by atoms with van der Waals surface area (Å²) in [6, 6.07) is 4.88. The molecule has 10 nitrogen and oxygen atoms in total. The molecule has 0 aliphatic heterocycles. The van der Waals surface area contributed by atoms with Crippen LogP contribution in [0.2, 0.25) is 0 Å². The van der Waals surface area contributed by atoms with Gasteiger partial charge in [0, 0.05) is 24.2 Å². The van der Waals surface area contributed by atoms with Crippen LogP contribution in [0.3, 0.4) is 0 Å². The van der Waals surface area contributed by atoms with E-state index in [1.54, 1.807) is 18.2 Å². The van der Waals surface area contributed by atoms with Crippen molar-refractivity contribution in [3.63, 3.8) is 0 Å². The van der Waals surface area contributed by atoms with Gasteiger partial charge in [-0.25, -0.2) is 9.59 Å². The quantitative estimate of drug-likeness (QED) is 0.161. The minimum atomic E-state index is -0.526. The fourth-order valence-corrected chi connectivity index (χ4v) is 3.18. The molecule has 2 aromatic rings. The first kappa shape index (κ1) is 26.4. The van der Waals surface area contributed by atoms with Gasteiger partial charge >= 0.3 is 11.7 Å². The van der Waals surface area contributed by atoms with Gasteiger partial charge in [0.25, 0.3) is 0 Å². The van der Waals surface area contributed by atoms with Gasteiger partial charge < -0.3 is 25.8 Å². The number of ether oxygens (including phenoxy) is 2. The molecule has 0 unspecified atom stereocenters. The lowest BCUT2D eigenvalue weighted by molar-refractivity contribution is 0.0596. The third-order valence-corrected chi connectivity index (χ3v) is 5.02. The standard InChI is InChI=1S/C22H33ClN6O4/c1-32-19(30)17-10-9-16(15-18(17)33-14-8-11-23)26-21-27-20(28-22(31)29-21)25-13-7-5-3-2-4-6-12-24/h9-10,15H,2-8,11-14,24H2,1H3,(H3,25,26,27,28,29,31). The van der Waals surface area contributed by atoms with E-state index >= 15 is 0 Å². The van der Waals surface area contributed by atoms with Crippen LogP contribution in [0.25, 0.3) is 0 Å². The number of hydrogen-bond acceptors (Lipinski definition) is 9. The highest BCUT2D eigenvalue weighted by molar-refractivity contribution is 6.17. The number of benzene rings is 1. The summed E-state index contributed by atoms with van der Waals surface area (Å²) in [5.74, 6) is 0.741. The van der Waals surface area contributed by atoms with Crippen LogP contribution in [0.15, 0.2) is 23.0 Å². The molecule has 0 aliphatic rings. The lowest BCUT2D eigenvalue weighted by Gasteiger charge is -2.13. The van der Waals surface area contributed by atoms with Crippen LogP contribution in [-0.4, -0.2) is 53.6 Å². The monoisotopic (exact) mass is 480 g/mol. The van der Waals surface area contributed by atoms with Gasteiger partial charge in [-0.1, -0.05) is 25.7 Å². The Balaban J connectivity index is 1.99. The van der Waals surface area contributed by atoms with Gasteiger partial charge in [0.15, 0.2) is 0 Å². The molecular formula is C22H33ClN6O4. The van der Waals surface area contributed by atoms with Crippen molar-refractivity contribution >= 4 is 35.2 Å². The molecule has 0 fully saturated rings. The van der Waals surface area contributed by atoms with Gasteiger partial charge in [0.05, 0.1) is 13.7 Å². The number of nitrogens with two attached hydrogens (primary N) is 1. The molecule has 0 saturated carbocycles. The van der Waals surface area contributed by atoms with Crippen molar-refractivity contribution in [2.75, 3.05) is 43.3 Å². The number of carbonyl (C=O) groups is 1. The van der Waals surface area contributed by atoms with Gasteiger partial charge in [0.1, 0.15) is 11.3 Å². The number of hydrogen-bond donors (Lipinski definition) is 4. The zero-order valence-corrected chi connectivity index (χ0v) is 19.7. The molecule has 0 amide bonds. The number of carbonyl (C=O) groups excluding carboxylic acids is 1. The number of H-pyrrole nitrogens is 1. The predicted octanol–water partition coefficient (Wildman–Crippen LogP) is 3.41. The molecule has 0 aliphatic carbocycles. The summed E-state index contributed by atoms with van der Waals surface area (Å²) in [5.41, 5.74) is 5.83. The second-order valence-corrected chi connectivity index (χ2v) is 7.76. The number of alkyl halides is 1. The van der Waals surface area contributed by atoms with Crippen molar-refractivity contribution in [2.45, 2.75) is 44.9 Å². The van der Waals surface area contributed by atoms with E-state index in [-0.39, 0.29) is 11.9 Å². The molecular weight excluding hydrogens is 448 g/mol. The number of rotatable bonds is 16.